The van der Waals surface area contributed by atoms with E-state index < -0.39 is 0 Å². The quantitative estimate of drug-likeness (QED) is 0.259. The Morgan fingerprint density at radius 2 is 1.63 bits per heavy atom. The van der Waals surface area contributed by atoms with Crippen LogP contribution in [0, 0.1) is 6.92 Å². The number of nitrogens with zero attached hydrogens (tertiary/aromatic N) is 1. The highest BCUT2D eigenvalue weighted by Gasteiger charge is 2.14. The third-order valence-electron chi connectivity index (χ3n) is 5.96. The maximum Gasteiger partial charge on any atom is 0.255 e. The number of aromatic nitrogens is 2. The number of rotatable bonds is 5. The average Bonchev–Trinajstić information content (AvgIpc) is 3.29. The molecule has 1 heterocycles. The molecule has 0 aliphatic heterocycles. The third kappa shape index (κ3) is 4.59. The number of benzene rings is 4. The Kier molecular flexibility index (Phi) is 5.93. The summed E-state index contributed by atoms with van der Waals surface area (Å²) in [7, 11) is 0. The van der Waals surface area contributed by atoms with E-state index in [1.54, 1.807) is 19.1 Å². The lowest BCUT2D eigenvalue weighted by molar-refractivity contribution is 0.101. The van der Waals surface area contributed by atoms with Gasteiger partial charge in [0.25, 0.3) is 5.91 Å². The number of fused-ring (bicyclic) bond motifs is 1. The number of nitrogens with one attached hydrogen (secondary N) is 2. The highest BCUT2D eigenvalue weighted by atomic mass is 35.5. The van der Waals surface area contributed by atoms with Crippen LogP contribution in [0.2, 0.25) is 5.02 Å². The lowest BCUT2D eigenvalue weighted by Gasteiger charge is -2.11. The van der Waals surface area contributed by atoms with E-state index in [0.717, 1.165) is 27.7 Å². The molecule has 0 bridgehead atoms. The second-order valence-electron chi connectivity index (χ2n) is 8.41. The van der Waals surface area contributed by atoms with Gasteiger partial charge in [-0.25, -0.2) is 4.98 Å². The van der Waals surface area contributed by atoms with Crippen LogP contribution in [0.5, 0.6) is 0 Å². The predicted octanol–water partition coefficient (Wildman–Crippen LogP) is 7.31. The van der Waals surface area contributed by atoms with Crippen molar-refractivity contribution in [3.05, 3.63) is 107 Å². The van der Waals surface area contributed by atoms with Crippen LogP contribution >= 0.6 is 11.6 Å². The second kappa shape index (κ2) is 9.20. The number of para-hydroxylation sites is 2. The van der Waals surface area contributed by atoms with Crippen LogP contribution in [0.1, 0.15) is 33.2 Å². The zero-order valence-electron chi connectivity index (χ0n) is 19.2. The minimum absolute atomic E-state index is 0.0328. The fraction of sp³-hybridized carbons (Fsp3) is 0.0690. The number of imidazole rings is 1. The number of aromatic amines is 1. The Morgan fingerprint density at radius 1 is 0.886 bits per heavy atom. The van der Waals surface area contributed by atoms with Crippen LogP contribution in [0.25, 0.3) is 33.5 Å². The molecule has 0 atom stereocenters. The summed E-state index contributed by atoms with van der Waals surface area (Å²) in [5, 5.41) is 3.51. The first-order valence-electron chi connectivity index (χ1n) is 11.2. The number of carbonyl (C=O) groups excluding carboxylic acids is 2. The maximum atomic E-state index is 13.1. The van der Waals surface area contributed by atoms with Gasteiger partial charge in [0.1, 0.15) is 5.82 Å². The number of ketones is 1. The smallest absolute Gasteiger partial charge is 0.255 e. The van der Waals surface area contributed by atoms with Crippen molar-refractivity contribution in [2.24, 2.45) is 0 Å². The Bertz CT molecular complexity index is 1550. The lowest BCUT2D eigenvalue weighted by atomic mass is 9.98. The average molecular weight is 480 g/mol. The van der Waals surface area contributed by atoms with Crippen molar-refractivity contribution in [1.82, 2.24) is 9.97 Å². The van der Waals surface area contributed by atoms with Crippen molar-refractivity contribution in [1.29, 1.82) is 0 Å². The highest BCUT2D eigenvalue weighted by Crippen LogP contribution is 2.31. The molecule has 172 valence electrons. The third-order valence-corrected chi connectivity index (χ3v) is 6.29. The van der Waals surface area contributed by atoms with Crippen LogP contribution in [0.3, 0.4) is 0 Å². The van der Waals surface area contributed by atoms with E-state index in [-0.39, 0.29) is 11.7 Å². The first-order valence-corrected chi connectivity index (χ1v) is 11.5. The summed E-state index contributed by atoms with van der Waals surface area (Å²) >= 11 is 6.45. The van der Waals surface area contributed by atoms with Gasteiger partial charge in [-0.1, -0.05) is 60.1 Å². The standard InChI is InChI=1S/C29H22ClN3O2/c1-17-15-21(20-9-7-19(8-10-20)18(2)34)11-13-23(17)29(35)31-22-12-14-25(30)24(16-22)28-32-26-5-3-4-6-27(26)33-28/h3-16H,1-2H3,(H,31,35)(H,32,33). The van der Waals surface area contributed by atoms with Crippen molar-refractivity contribution < 1.29 is 9.59 Å². The van der Waals surface area contributed by atoms with Gasteiger partial charge < -0.3 is 10.3 Å². The van der Waals surface area contributed by atoms with Gasteiger partial charge in [0.05, 0.1) is 16.1 Å². The van der Waals surface area contributed by atoms with Crippen molar-refractivity contribution in [2.75, 3.05) is 5.32 Å². The van der Waals surface area contributed by atoms with Gasteiger partial charge in [0, 0.05) is 22.4 Å². The van der Waals surface area contributed by atoms with Crippen LogP contribution in [-0.4, -0.2) is 21.7 Å². The molecule has 1 aromatic heterocycles. The fourth-order valence-electron chi connectivity index (χ4n) is 4.06. The zero-order valence-corrected chi connectivity index (χ0v) is 20.0. The number of Topliss-reactive ketones (excluding diaryl/α,β-unsaturated/α-hetero) is 1. The minimum atomic E-state index is -0.209. The van der Waals surface area contributed by atoms with Crippen LogP contribution < -0.4 is 5.32 Å². The molecule has 0 unspecified atom stereocenters. The van der Waals surface area contributed by atoms with E-state index in [9.17, 15) is 9.59 Å². The van der Waals surface area contributed by atoms with Crippen LogP contribution in [-0.2, 0) is 0 Å². The first-order chi connectivity index (χ1) is 16.9. The Morgan fingerprint density at radius 3 is 2.34 bits per heavy atom. The van der Waals surface area contributed by atoms with Crippen LogP contribution in [0.15, 0.2) is 84.9 Å². The number of anilines is 1. The summed E-state index contributed by atoms with van der Waals surface area (Å²) in [6, 6.07) is 26.2. The lowest BCUT2D eigenvalue weighted by Crippen LogP contribution is -2.13. The molecule has 5 rings (SSSR count). The second-order valence-corrected chi connectivity index (χ2v) is 8.82. The molecule has 0 saturated carbocycles. The molecule has 0 aliphatic carbocycles. The molecule has 2 N–H and O–H groups in total. The minimum Gasteiger partial charge on any atom is -0.338 e. The monoisotopic (exact) mass is 479 g/mol. The number of carbonyl (C=O) groups is 2. The van der Waals surface area contributed by atoms with Crippen molar-refractivity contribution in [3.8, 4) is 22.5 Å². The van der Waals surface area contributed by atoms with Crippen molar-refractivity contribution >= 4 is 40.0 Å². The number of H-pyrrole nitrogens is 1. The van der Waals surface area contributed by atoms with Gasteiger partial charge in [-0.15, -0.1) is 0 Å². The highest BCUT2D eigenvalue weighted by molar-refractivity contribution is 6.33. The molecule has 1 amide bonds. The zero-order chi connectivity index (χ0) is 24.5. The van der Waals surface area contributed by atoms with E-state index in [4.69, 9.17) is 11.6 Å². The van der Waals surface area contributed by atoms with Gasteiger partial charge in [-0.05, 0) is 66.9 Å². The topological polar surface area (TPSA) is 74.8 Å². The Labute approximate surface area is 207 Å². The van der Waals surface area contributed by atoms with E-state index >= 15 is 0 Å². The van der Waals surface area contributed by atoms with Crippen molar-refractivity contribution in [3.63, 3.8) is 0 Å². The molecule has 0 aliphatic rings. The summed E-state index contributed by atoms with van der Waals surface area (Å²) < 4.78 is 0. The number of amides is 1. The largest absolute Gasteiger partial charge is 0.338 e. The molecule has 5 aromatic rings. The number of halogens is 1. The van der Waals surface area contributed by atoms with E-state index in [2.05, 4.69) is 15.3 Å². The predicted molar refractivity (Wildman–Crippen MR) is 141 cm³/mol. The van der Waals surface area contributed by atoms with Gasteiger partial charge in [-0.3, -0.25) is 9.59 Å². The molecule has 0 spiro atoms. The van der Waals surface area contributed by atoms with E-state index in [0.29, 0.717) is 33.2 Å². The summed E-state index contributed by atoms with van der Waals surface area (Å²) in [6.07, 6.45) is 0. The molecule has 5 nitrogen and oxygen atoms in total. The van der Waals surface area contributed by atoms with Gasteiger partial charge in [0.2, 0.25) is 0 Å². The molecular formula is C29H22ClN3O2. The van der Waals surface area contributed by atoms with Gasteiger partial charge >= 0.3 is 0 Å². The molecule has 0 radical (unpaired) electrons. The maximum absolute atomic E-state index is 13.1. The molecule has 0 saturated heterocycles. The molecule has 0 fully saturated rings. The summed E-state index contributed by atoms with van der Waals surface area (Å²) in [4.78, 5) is 32.5. The SMILES string of the molecule is CC(=O)c1ccc(-c2ccc(C(=O)Nc3ccc(Cl)c(-c4nc5ccccc5[nH]4)c3)c(C)c2)cc1. The van der Waals surface area contributed by atoms with E-state index in [1.807, 2.05) is 79.7 Å². The number of aryl methyl sites for hydroxylation is 1. The van der Waals surface area contributed by atoms with Crippen molar-refractivity contribution in [2.45, 2.75) is 13.8 Å². The van der Waals surface area contributed by atoms with Crippen LogP contribution in [0.4, 0.5) is 5.69 Å². The number of hydrogen-bond donors (Lipinski definition) is 2. The van der Waals surface area contributed by atoms with E-state index in [1.165, 1.54) is 0 Å². The number of hydrogen-bond acceptors (Lipinski definition) is 3. The normalized spacial score (nSPS) is 10.9. The Hall–Kier alpha value is -4.22. The summed E-state index contributed by atoms with van der Waals surface area (Å²) in [6.45, 7) is 3.46. The first kappa shape index (κ1) is 22.6. The molecule has 4 aromatic carbocycles. The fourth-order valence-corrected chi connectivity index (χ4v) is 4.27. The summed E-state index contributed by atoms with van der Waals surface area (Å²) in [5.74, 6) is 0.466. The molecule has 6 heteroatoms. The van der Waals surface area contributed by atoms with Gasteiger partial charge in [-0.2, -0.15) is 0 Å². The van der Waals surface area contributed by atoms with Gasteiger partial charge in [0.15, 0.2) is 5.78 Å². The summed E-state index contributed by atoms with van der Waals surface area (Å²) in [5.41, 5.74) is 7.16. The molecule has 35 heavy (non-hydrogen) atoms. The molecular weight excluding hydrogens is 458 g/mol. The Balaban J connectivity index is 1.38.